The lowest BCUT2D eigenvalue weighted by Gasteiger charge is -2.29. The van der Waals surface area contributed by atoms with Crippen LogP contribution in [0.1, 0.15) is 18.1 Å². The van der Waals surface area contributed by atoms with Crippen molar-refractivity contribution in [3.63, 3.8) is 0 Å². The summed E-state index contributed by atoms with van der Waals surface area (Å²) < 4.78 is 38.8. The van der Waals surface area contributed by atoms with Crippen LogP contribution in [0, 0.1) is 13.8 Å². The summed E-state index contributed by atoms with van der Waals surface area (Å²) in [6.07, 6.45) is 0. The van der Waals surface area contributed by atoms with Crippen molar-refractivity contribution in [3.05, 3.63) is 23.3 Å². The Morgan fingerprint density at radius 3 is 2.35 bits per heavy atom. The molecule has 0 aromatic heterocycles. The maximum Gasteiger partial charge on any atom is 0.241 e. The molecule has 23 heavy (non-hydrogen) atoms. The molecule has 130 valence electrons. The predicted molar refractivity (Wildman–Crippen MR) is 89.5 cm³/mol. The predicted octanol–water partition coefficient (Wildman–Crippen LogP) is 1.31. The van der Waals surface area contributed by atoms with Crippen molar-refractivity contribution in [3.8, 4) is 5.75 Å². The minimum Gasteiger partial charge on any atom is -0.497 e. The second-order valence-corrected chi connectivity index (χ2v) is 7.68. The molecule has 0 unspecified atom stereocenters. The van der Waals surface area contributed by atoms with E-state index < -0.39 is 10.0 Å². The first-order chi connectivity index (χ1) is 10.8. The Morgan fingerprint density at radius 1 is 1.26 bits per heavy atom. The van der Waals surface area contributed by atoms with E-state index in [1.165, 1.54) is 0 Å². The number of rotatable bonds is 6. The van der Waals surface area contributed by atoms with Crippen molar-refractivity contribution < 1.29 is 17.9 Å². The summed E-state index contributed by atoms with van der Waals surface area (Å²) in [7, 11) is -1.99. The van der Waals surface area contributed by atoms with Gasteiger partial charge in [-0.1, -0.05) is 0 Å². The van der Waals surface area contributed by atoms with Crippen LogP contribution in [0.4, 0.5) is 0 Å². The summed E-state index contributed by atoms with van der Waals surface area (Å²) in [4.78, 5) is 2.55. The van der Waals surface area contributed by atoms with Crippen molar-refractivity contribution in [1.29, 1.82) is 0 Å². The van der Waals surface area contributed by atoms with Gasteiger partial charge in [0.25, 0.3) is 0 Å². The molecule has 7 heteroatoms. The highest BCUT2D eigenvalue weighted by Gasteiger charge is 2.24. The maximum atomic E-state index is 12.7. The first kappa shape index (κ1) is 18.2. The van der Waals surface area contributed by atoms with Crippen LogP contribution < -0.4 is 9.46 Å². The number of sulfonamides is 1. The van der Waals surface area contributed by atoms with Crippen molar-refractivity contribution in [1.82, 2.24) is 9.62 Å². The fourth-order valence-corrected chi connectivity index (χ4v) is 4.67. The van der Waals surface area contributed by atoms with E-state index in [0.29, 0.717) is 41.5 Å². The van der Waals surface area contributed by atoms with E-state index in [1.807, 2.05) is 6.92 Å². The smallest absolute Gasteiger partial charge is 0.241 e. The van der Waals surface area contributed by atoms with E-state index in [4.69, 9.17) is 9.47 Å². The Balaban J connectivity index is 2.12. The fraction of sp³-hybridized carbons (Fsp3) is 0.625. The van der Waals surface area contributed by atoms with Crippen LogP contribution in [-0.2, 0) is 14.8 Å². The minimum absolute atomic E-state index is 0.168. The molecule has 1 saturated heterocycles. The van der Waals surface area contributed by atoms with Crippen LogP contribution in [0.15, 0.2) is 17.0 Å². The number of nitrogens with one attached hydrogen (secondary N) is 1. The van der Waals surface area contributed by atoms with Crippen LogP contribution in [0.3, 0.4) is 0 Å². The van der Waals surface area contributed by atoms with Crippen molar-refractivity contribution in [2.24, 2.45) is 0 Å². The van der Waals surface area contributed by atoms with Crippen molar-refractivity contribution >= 4 is 10.0 Å². The lowest BCUT2D eigenvalue weighted by Crippen LogP contribution is -2.46. The van der Waals surface area contributed by atoms with Crippen LogP contribution in [-0.4, -0.2) is 59.3 Å². The van der Waals surface area contributed by atoms with Gasteiger partial charge in [0.15, 0.2) is 0 Å². The van der Waals surface area contributed by atoms with Gasteiger partial charge in [-0.2, -0.15) is 0 Å². The van der Waals surface area contributed by atoms with Crippen molar-refractivity contribution in [2.75, 3.05) is 40.0 Å². The molecule has 6 nitrogen and oxygen atoms in total. The summed E-state index contributed by atoms with van der Waals surface area (Å²) in [6.45, 7) is 9.23. The summed E-state index contributed by atoms with van der Waals surface area (Å²) in [5.41, 5.74) is 1.38. The molecule has 1 heterocycles. The Hall–Kier alpha value is -1.15. The molecule has 1 aromatic carbocycles. The normalized spacial score (nSPS) is 17.9. The number of benzene rings is 1. The molecular weight excluding hydrogens is 316 g/mol. The van der Waals surface area contributed by atoms with Gasteiger partial charge in [0, 0.05) is 25.7 Å². The summed E-state index contributed by atoms with van der Waals surface area (Å²) >= 11 is 0. The Labute approximate surface area is 138 Å². The van der Waals surface area contributed by atoms with Gasteiger partial charge in [-0.15, -0.1) is 0 Å². The average molecular weight is 342 g/mol. The highest BCUT2D eigenvalue weighted by Crippen LogP contribution is 2.25. The van der Waals surface area contributed by atoms with Gasteiger partial charge in [-0.05, 0) is 44.0 Å². The van der Waals surface area contributed by atoms with Gasteiger partial charge >= 0.3 is 0 Å². The third-order valence-electron chi connectivity index (χ3n) is 3.93. The molecule has 1 aliphatic rings. The molecule has 2 rings (SSSR count). The summed E-state index contributed by atoms with van der Waals surface area (Å²) in [5.74, 6) is 0.667. The highest BCUT2D eigenvalue weighted by atomic mass is 32.2. The molecule has 1 fully saturated rings. The third kappa shape index (κ3) is 4.67. The number of nitrogens with zero attached hydrogens (tertiary/aromatic N) is 1. The van der Waals surface area contributed by atoms with E-state index in [1.54, 1.807) is 33.1 Å². The van der Waals surface area contributed by atoms with Gasteiger partial charge in [0.1, 0.15) is 5.75 Å². The second-order valence-electron chi connectivity index (χ2n) is 6.03. The van der Waals surface area contributed by atoms with Crippen molar-refractivity contribution in [2.45, 2.75) is 31.7 Å². The lowest BCUT2D eigenvalue weighted by atomic mass is 10.1. The average Bonchev–Trinajstić information content (AvgIpc) is 2.46. The third-order valence-corrected chi connectivity index (χ3v) is 5.82. The van der Waals surface area contributed by atoms with Crippen LogP contribution >= 0.6 is 0 Å². The Bertz CT molecular complexity index is 616. The van der Waals surface area contributed by atoms with Gasteiger partial charge in [-0.3, -0.25) is 4.90 Å². The molecule has 0 amide bonds. The molecule has 0 saturated carbocycles. The van der Waals surface area contributed by atoms with Gasteiger partial charge < -0.3 is 9.47 Å². The number of morpholine rings is 1. The quantitative estimate of drug-likeness (QED) is 0.844. The molecule has 1 aromatic rings. The minimum atomic E-state index is -3.56. The van der Waals surface area contributed by atoms with E-state index in [2.05, 4.69) is 9.62 Å². The van der Waals surface area contributed by atoms with Crippen LogP contribution in [0.5, 0.6) is 5.75 Å². The van der Waals surface area contributed by atoms with Crippen LogP contribution in [0.25, 0.3) is 0 Å². The highest BCUT2D eigenvalue weighted by molar-refractivity contribution is 7.89. The fourth-order valence-electron chi connectivity index (χ4n) is 2.98. The summed E-state index contributed by atoms with van der Waals surface area (Å²) in [5, 5.41) is 0. The Morgan fingerprint density at radius 2 is 1.83 bits per heavy atom. The van der Waals surface area contributed by atoms with Gasteiger partial charge in [0.2, 0.25) is 10.0 Å². The molecule has 1 aliphatic heterocycles. The monoisotopic (exact) mass is 342 g/mol. The standard InChI is InChI=1S/C16H26N2O4S/c1-12-9-15(21-4)10-13(2)16(12)23(19,20)17-14(3)11-18-5-7-22-8-6-18/h9-10,14,17H,5-8,11H2,1-4H3/t14-/m1/s1. The van der Waals surface area contributed by atoms with Gasteiger partial charge in [-0.25, -0.2) is 13.1 Å². The molecule has 1 N–H and O–H groups in total. The first-order valence-corrected chi connectivity index (χ1v) is 9.29. The summed E-state index contributed by atoms with van der Waals surface area (Å²) in [6, 6.07) is 3.32. The lowest BCUT2D eigenvalue weighted by molar-refractivity contribution is 0.0354. The van der Waals surface area contributed by atoms with Gasteiger partial charge in [0.05, 0.1) is 25.2 Å². The largest absolute Gasteiger partial charge is 0.497 e. The zero-order chi connectivity index (χ0) is 17.0. The number of methoxy groups -OCH3 is 1. The SMILES string of the molecule is COc1cc(C)c(S(=O)(=O)N[C@H](C)CN2CCOCC2)c(C)c1. The zero-order valence-corrected chi connectivity index (χ0v) is 15.1. The second kappa shape index (κ2) is 7.61. The zero-order valence-electron chi connectivity index (χ0n) is 14.3. The molecule has 0 spiro atoms. The molecular formula is C16H26N2O4S. The maximum absolute atomic E-state index is 12.7. The molecule has 0 bridgehead atoms. The molecule has 0 aliphatic carbocycles. The van der Waals surface area contributed by atoms with E-state index in [-0.39, 0.29) is 6.04 Å². The van der Waals surface area contributed by atoms with E-state index >= 15 is 0 Å². The first-order valence-electron chi connectivity index (χ1n) is 7.81. The van der Waals surface area contributed by atoms with E-state index in [0.717, 1.165) is 13.1 Å². The molecule has 1 atom stereocenters. The number of hydrogen-bond acceptors (Lipinski definition) is 5. The number of aryl methyl sites for hydroxylation is 2. The number of hydrogen-bond donors (Lipinski definition) is 1. The van der Waals surface area contributed by atoms with Crippen LogP contribution in [0.2, 0.25) is 0 Å². The number of ether oxygens (including phenoxy) is 2. The Kier molecular flexibility index (Phi) is 6.02. The van der Waals surface area contributed by atoms with E-state index in [9.17, 15) is 8.42 Å². The topological polar surface area (TPSA) is 67.9 Å². The molecule has 0 radical (unpaired) electrons.